The third-order valence-electron chi connectivity index (χ3n) is 4.04. The Morgan fingerprint density at radius 1 is 1.21 bits per heavy atom. The lowest BCUT2D eigenvalue weighted by Gasteiger charge is -2.18. The van der Waals surface area contributed by atoms with E-state index in [-0.39, 0.29) is 39.8 Å². The molecule has 0 saturated carbocycles. The van der Waals surface area contributed by atoms with Crippen molar-refractivity contribution in [3.05, 3.63) is 48.0 Å². The SMILES string of the molecule is COc1ccc(N2C(=O)CCS2(=O)=O)cc1S(=O)(=O)Nc1ccccc1C#N. The summed E-state index contributed by atoms with van der Waals surface area (Å²) in [5.41, 5.74) is 0.0677. The number of carbonyl (C=O) groups is 1. The minimum absolute atomic E-state index is 0.0465. The number of sulfonamides is 2. The molecule has 1 N–H and O–H groups in total. The number of anilines is 2. The largest absolute Gasteiger partial charge is 0.495 e. The molecule has 1 saturated heterocycles. The van der Waals surface area contributed by atoms with E-state index in [2.05, 4.69) is 4.72 Å². The molecule has 1 fully saturated rings. The lowest BCUT2D eigenvalue weighted by molar-refractivity contribution is -0.116. The van der Waals surface area contributed by atoms with Gasteiger partial charge in [0.15, 0.2) is 0 Å². The quantitative estimate of drug-likeness (QED) is 0.772. The Labute approximate surface area is 162 Å². The number of benzene rings is 2. The standard InChI is InChI=1S/C17H15N3O6S2/c1-26-15-7-6-13(20-17(21)8-9-27(20,22)23)10-16(15)28(24,25)19-14-5-3-2-4-12(14)11-18/h2-7,10,19H,8-9H2,1H3. The van der Waals surface area contributed by atoms with Gasteiger partial charge in [0, 0.05) is 6.42 Å². The van der Waals surface area contributed by atoms with E-state index < -0.39 is 26.0 Å². The minimum Gasteiger partial charge on any atom is -0.495 e. The van der Waals surface area contributed by atoms with E-state index >= 15 is 0 Å². The molecular weight excluding hydrogens is 406 g/mol. The maximum Gasteiger partial charge on any atom is 0.265 e. The van der Waals surface area contributed by atoms with Gasteiger partial charge in [-0.3, -0.25) is 9.52 Å². The molecule has 0 atom stereocenters. The molecule has 0 unspecified atom stereocenters. The van der Waals surface area contributed by atoms with Crippen molar-refractivity contribution < 1.29 is 26.4 Å². The molecule has 28 heavy (non-hydrogen) atoms. The molecule has 2 aromatic rings. The predicted octanol–water partition coefficient (Wildman–Crippen LogP) is 1.43. The van der Waals surface area contributed by atoms with Crippen molar-refractivity contribution in [3.8, 4) is 11.8 Å². The van der Waals surface area contributed by atoms with Gasteiger partial charge < -0.3 is 4.74 Å². The molecule has 1 aliphatic rings. The van der Waals surface area contributed by atoms with E-state index in [0.29, 0.717) is 4.31 Å². The number of amides is 1. The maximum atomic E-state index is 12.9. The van der Waals surface area contributed by atoms with Gasteiger partial charge in [-0.05, 0) is 30.3 Å². The summed E-state index contributed by atoms with van der Waals surface area (Å²) in [6, 6.07) is 11.5. The number of nitrogens with zero attached hydrogens (tertiary/aromatic N) is 2. The van der Waals surface area contributed by atoms with E-state index in [1.165, 1.54) is 31.4 Å². The highest BCUT2D eigenvalue weighted by molar-refractivity contribution is 7.94. The van der Waals surface area contributed by atoms with Crippen LogP contribution in [-0.2, 0) is 24.8 Å². The Hall–Kier alpha value is -3.10. The van der Waals surface area contributed by atoms with Crippen LogP contribution in [0.25, 0.3) is 0 Å². The molecule has 0 aromatic heterocycles. The van der Waals surface area contributed by atoms with E-state index in [0.717, 1.165) is 6.07 Å². The maximum absolute atomic E-state index is 12.9. The second-order valence-corrected chi connectivity index (χ2v) is 9.41. The van der Waals surface area contributed by atoms with E-state index in [1.807, 2.05) is 6.07 Å². The summed E-state index contributed by atoms with van der Waals surface area (Å²) in [7, 11) is -6.85. The topological polar surface area (TPSA) is 134 Å². The third kappa shape index (κ3) is 3.51. The molecule has 3 rings (SSSR count). The average Bonchev–Trinajstić information content (AvgIpc) is 2.94. The highest BCUT2D eigenvalue weighted by Crippen LogP contribution is 2.33. The second-order valence-electron chi connectivity index (χ2n) is 5.82. The van der Waals surface area contributed by atoms with Gasteiger partial charge in [0.2, 0.25) is 15.9 Å². The average molecular weight is 421 g/mol. The molecule has 1 amide bonds. The molecule has 0 spiro atoms. The Morgan fingerprint density at radius 3 is 2.54 bits per heavy atom. The van der Waals surface area contributed by atoms with Crippen molar-refractivity contribution in [2.45, 2.75) is 11.3 Å². The van der Waals surface area contributed by atoms with E-state index in [1.54, 1.807) is 12.1 Å². The Morgan fingerprint density at radius 2 is 1.93 bits per heavy atom. The number of methoxy groups -OCH3 is 1. The van der Waals surface area contributed by atoms with Crippen LogP contribution >= 0.6 is 0 Å². The summed E-state index contributed by atoms with van der Waals surface area (Å²) in [4.78, 5) is 11.6. The summed E-state index contributed by atoms with van der Waals surface area (Å²) in [5, 5.41) is 9.14. The number of ether oxygens (including phenoxy) is 1. The minimum atomic E-state index is -4.25. The lowest BCUT2D eigenvalue weighted by Crippen LogP contribution is -2.29. The van der Waals surface area contributed by atoms with Crippen LogP contribution in [0.3, 0.4) is 0 Å². The number of hydrogen-bond acceptors (Lipinski definition) is 7. The molecular formula is C17H15N3O6S2. The Kier molecular flexibility index (Phi) is 5.01. The Balaban J connectivity index is 2.10. The Bertz CT molecular complexity index is 1200. The van der Waals surface area contributed by atoms with Crippen LogP contribution in [0.1, 0.15) is 12.0 Å². The lowest BCUT2D eigenvalue weighted by atomic mass is 10.2. The normalized spacial score (nSPS) is 15.9. The molecule has 0 aliphatic carbocycles. The molecule has 11 heteroatoms. The van der Waals surface area contributed by atoms with Gasteiger partial charge in [-0.2, -0.15) is 5.26 Å². The fourth-order valence-corrected chi connectivity index (χ4v) is 5.46. The van der Waals surface area contributed by atoms with Crippen molar-refractivity contribution in [1.29, 1.82) is 5.26 Å². The van der Waals surface area contributed by atoms with Crippen molar-refractivity contribution in [1.82, 2.24) is 0 Å². The first-order valence-corrected chi connectivity index (χ1v) is 11.0. The zero-order valence-corrected chi connectivity index (χ0v) is 16.2. The molecule has 0 bridgehead atoms. The number of hydrogen-bond donors (Lipinski definition) is 1. The van der Waals surface area contributed by atoms with Crippen LogP contribution in [0.15, 0.2) is 47.4 Å². The second kappa shape index (κ2) is 7.14. The zero-order valence-electron chi connectivity index (χ0n) is 14.6. The smallest absolute Gasteiger partial charge is 0.265 e. The monoisotopic (exact) mass is 421 g/mol. The summed E-state index contributed by atoms with van der Waals surface area (Å²) >= 11 is 0. The van der Waals surface area contributed by atoms with Crippen LogP contribution in [0.5, 0.6) is 5.75 Å². The number of para-hydroxylation sites is 1. The third-order valence-corrected chi connectivity index (χ3v) is 7.12. The van der Waals surface area contributed by atoms with E-state index in [4.69, 9.17) is 10.00 Å². The summed E-state index contributed by atoms with van der Waals surface area (Å²) in [6.45, 7) is 0. The first-order valence-electron chi connectivity index (χ1n) is 7.95. The molecule has 2 aromatic carbocycles. The van der Waals surface area contributed by atoms with Gasteiger partial charge >= 0.3 is 0 Å². The van der Waals surface area contributed by atoms with Crippen molar-refractivity contribution >= 4 is 37.3 Å². The number of carbonyl (C=O) groups excluding carboxylic acids is 1. The molecule has 9 nitrogen and oxygen atoms in total. The summed E-state index contributed by atoms with van der Waals surface area (Å²) < 4.78 is 58.1. The molecule has 1 heterocycles. The van der Waals surface area contributed by atoms with Crippen molar-refractivity contribution in [2.75, 3.05) is 21.9 Å². The van der Waals surface area contributed by atoms with Gasteiger partial charge in [-0.25, -0.2) is 21.1 Å². The fourth-order valence-electron chi connectivity index (χ4n) is 2.74. The first kappa shape index (κ1) is 19.7. The summed E-state index contributed by atoms with van der Waals surface area (Å²) in [6.07, 6.45) is -0.176. The van der Waals surface area contributed by atoms with Crippen molar-refractivity contribution in [3.63, 3.8) is 0 Å². The van der Waals surface area contributed by atoms with Crippen LogP contribution in [0.2, 0.25) is 0 Å². The highest BCUT2D eigenvalue weighted by atomic mass is 32.2. The highest BCUT2D eigenvalue weighted by Gasteiger charge is 2.37. The zero-order chi connectivity index (χ0) is 20.5. The van der Waals surface area contributed by atoms with Crippen LogP contribution in [0.4, 0.5) is 11.4 Å². The summed E-state index contributed by atoms with van der Waals surface area (Å²) in [5.74, 6) is -1.03. The molecule has 0 radical (unpaired) electrons. The van der Waals surface area contributed by atoms with Gasteiger partial charge in [0.05, 0.1) is 29.8 Å². The van der Waals surface area contributed by atoms with Gasteiger partial charge in [0.1, 0.15) is 16.7 Å². The van der Waals surface area contributed by atoms with Crippen LogP contribution in [0, 0.1) is 11.3 Å². The number of rotatable bonds is 5. The van der Waals surface area contributed by atoms with Gasteiger partial charge in [-0.1, -0.05) is 12.1 Å². The van der Waals surface area contributed by atoms with Gasteiger partial charge in [0.25, 0.3) is 10.0 Å². The molecule has 1 aliphatic heterocycles. The predicted molar refractivity (Wildman–Crippen MR) is 101 cm³/mol. The van der Waals surface area contributed by atoms with E-state index in [9.17, 15) is 21.6 Å². The fraction of sp³-hybridized carbons (Fsp3) is 0.176. The van der Waals surface area contributed by atoms with Crippen LogP contribution < -0.4 is 13.8 Å². The van der Waals surface area contributed by atoms with Crippen LogP contribution in [-0.4, -0.2) is 35.6 Å². The number of nitrogens with one attached hydrogen (secondary N) is 1. The molecule has 146 valence electrons. The first-order chi connectivity index (χ1) is 13.2. The van der Waals surface area contributed by atoms with Gasteiger partial charge in [-0.15, -0.1) is 0 Å². The number of nitriles is 1. The van der Waals surface area contributed by atoms with Crippen molar-refractivity contribution in [2.24, 2.45) is 0 Å².